The maximum absolute atomic E-state index is 12.7. The van der Waals surface area contributed by atoms with E-state index in [0.717, 1.165) is 4.90 Å². The number of aliphatic hydroxyl groups is 1. The zero-order valence-corrected chi connectivity index (χ0v) is 12.5. The van der Waals surface area contributed by atoms with Gasteiger partial charge < -0.3 is 15.3 Å². The number of phenolic OH excluding ortho intramolecular Hbond substituents is 1. The SMILES string of the molecule is O=C(O)CN1C(=O)C(O)(c2ccc(Cl)cc2O)c2ccccc21. The molecule has 1 aliphatic rings. The maximum atomic E-state index is 12.7. The second kappa shape index (κ2) is 5.26. The summed E-state index contributed by atoms with van der Waals surface area (Å²) in [5.41, 5.74) is -1.71. The van der Waals surface area contributed by atoms with Gasteiger partial charge in [-0.05, 0) is 18.2 Å². The number of carboxylic acid groups (broad SMARTS) is 1. The highest BCUT2D eigenvalue weighted by Gasteiger charge is 2.52. The predicted octanol–water partition coefficient (Wildman–Crippen LogP) is 1.71. The lowest BCUT2D eigenvalue weighted by atomic mass is 9.87. The number of carbonyl (C=O) groups excluding carboxylic acids is 1. The number of para-hydroxylation sites is 1. The molecule has 118 valence electrons. The molecule has 23 heavy (non-hydrogen) atoms. The van der Waals surface area contributed by atoms with Crippen molar-refractivity contribution in [2.24, 2.45) is 0 Å². The number of nitrogens with zero attached hydrogens (tertiary/aromatic N) is 1. The van der Waals surface area contributed by atoms with E-state index in [1.165, 1.54) is 24.3 Å². The molecule has 0 spiro atoms. The molecule has 2 aromatic carbocycles. The number of rotatable bonds is 3. The minimum atomic E-state index is -2.17. The summed E-state index contributed by atoms with van der Waals surface area (Å²) >= 11 is 5.79. The molecule has 3 rings (SSSR count). The number of carbonyl (C=O) groups is 2. The second-order valence-corrected chi connectivity index (χ2v) is 5.61. The van der Waals surface area contributed by atoms with Gasteiger partial charge in [0.1, 0.15) is 12.3 Å². The third kappa shape index (κ3) is 2.23. The Balaban J connectivity index is 2.22. The fourth-order valence-electron chi connectivity index (χ4n) is 2.80. The van der Waals surface area contributed by atoms with Crippen LogP contribution in [0.5, 0.6) is 5.75 Å². The number of benzene rings is 2. The van der Waals surface area contributed by atoms with E-state index in [0.29, 0.717) is 0 Å². The van der Waals surface area contributed by atoms with Crippen molar-refractivity contribution in [3.63, 3.8) is 0 Å². The number of hydrogen-bond acceptors (Lipinski definition) is 4. The van der Waals surface area contributed by atoms with Crippen molar-refractivity contribution in [1.29, 1.82) is 0 Å². The predicted molar refractivity (Wildman–Crippen MR) is 82.5 cm³/mol. The number of carboxylic acids is 1. The zero-order valence-electron chi connectivity index (χ0n) is 11.7. The molecule has 6 nitrogen and oxygen atoms in total. The molecule has 0 saturated heterocycles. The van der Waals surface area contributed by atoms with Crippen molar-refractivity contribution in [1.82, 2.24) is 0 Å². The van der Waals surface area contributed by atoms with Crippen LogP contribution in [0.2, 0.25) is 5.02 Å². The van der Waals surface area contributed by atoms with E-state index in [-0.39, 0.29) is 27.6 Å². The average molecular weight is 334 g/mol. The molecule has 1 heterocycles. The normalized spacial score (nSPS) is 19.7. The number of fused-ring (bicyclic) bond motifs is 1. The third-order valence-corrected chi connectivity index (χ3v) is 4.02. The Bertz CT molecular complexity index is 822. The minimum absolute atomic E-state index is 0.0489. The van der Waals surface area contributed by atoms with Crippen LogP contribution in [0.1, 0.15) is 11.1 Å². The number of halogens is 1. The largest absolute Gasteiger partial charge is 0.507 e. The first-order valence-electron chi connectivity index (χ1n) is 6.70. The van der Waals surface area contributed by atoms with E-state index < -0.39 is 24.0 Å². The quantitative estimate of drug-likeness (QED) is 0.794. The first-order valence-corrected chi connectivity index (χ1v) is 7.08. The molecule has 0 radical (unpaired) electrons. The van der Waals surface area contributed by atoms with E-state index in [4.69, 9.17) is 16.7 Å². The van der Waals surface area contributed by atoms with Crippen molar-refractivity contribution in [2.75, 3.05) is 11.4 Å². The minimum Gasteiger partial charge on any atom is -0.507 e. The number of hydrogen-bond donors (Lipinski definition) is 3. The molecule has 2 aromatic rings. The number of anilines is 1. The molecular formula is C16H12ClNO5. The molecular weight excluding hydrogens is 322 g/mol. The summed E-state index contributed by atoms with van der Waals surface area (Å²) in [7, 11) is 0. The fourth-order valence-corrected chi connectivity index (χ4v) is 2.96. The van der Waals surface area contributed by atoms with Gasteiger partial charge >= 0.3 is 5.97 Å². The van der Waals surface area contributed by atoms with Crippen LogP contribution in [0, 0.1) is 0 Å². The lowest BCUT2D eigenvalue weighted by Crippen LogP contribution is -2.43. The second-order valence-electron chi connectivity index (χ2n) is 5.17. The van der Waals surface area contributed by atoms with Gasteiger partial charge in [-0.25, -0.2) is 0 Å². The van der Waals surface area contributed by atoms with E-state index in [9.17, 15) is 19.8 Å². The van der Waals surface area contributed by atoms with Crippen LogP contribution < -0.4 is 4.90 Å². The van der Waals surface area contributed by atoms with Gasteiger partial charge in [-0.3, -0.25) is 14.5 Å². The first kappa shape index (κ1) is 15.3. The summed E-state index contributed by atoms with van der Waals surface area (Å²) in [6.07, 6.45) is 0. The van der Waals surface area contributed by atoms with Crippen molar-refractivity contribution in [3.8, 4) is 5.75 Å². The van der Waals surface area contributed by atoms with Crippen molar-refractivity contribution >= 4 is 29.2 Å². The van der Waals surface area contributed by atoms with Crippen molar-refractivity contribution in [2.45, 2.75) is 5.60 Å². The summed E-state index contributed by atoms with van der Waals surface area (Å²) in [5, 5.41) is 30.4. The van der Waals surface area contributed by atoms with Gasteiger partial charge in [-0.2, -0.15) is 0 Å². The van der Waals surface area contributed by atoms with Gasteiger partial charge in [0.15, 0.2) is 5.60 Å². The monoisotopic (exact) mass is 333 g/mol. The molecule has 0 fully saturated rings. The smallest absolute Gasteiger partial charge is 0.323 e. The number of aromatic hydroxyl groups is 1. The first-order chi connectivity index (χ1) is 10.9. The highest BCUT2D eigenvalue weighted by molar-refractivity contribution is 6.30. The summed E-state index contributed by atoms with van der Waals surface area (Å²) in [6, 6.07) is 10.3. The van der Waals surface area contributed by atoms with Crippen molar-refractivity contribution in [3.05, 3.63) is 58.6 Å². The number of phenols is 1. The molecule has 0 aliphatic carbocycles. The van der Waals surface area contributed by atoms with E-state index in [2.05, 4.69) is 0 Å². The summed E-state index contributed by atoms with van der Waals surface area (Å²) in [5.74, 6) is -2.39. The molecule has 1 unspecified atom stereocenters. The summed E-state index contributed by atoms with van der Waals surface area (Å²) in [4.78, 5) is 24.7. The molecule has 0 aromatic heterocycles. The van der Waals surface area contributed by atoms with Crippen LogP contribution in [-0.4, -0.2) is 33.7 Å². The molecule has 1 amide bonds. The zero-order chi connectivity index (χ0) is 16.8. The van der Waals surface area contributed by atoms with Crippen molar-refractivity contribution < 1.29 is 24.9 Å². The van der Waals surface area contributed by atoms with Gasteiger partial charge in [0.05, 0.1) is 5.69 Å². The van der Waals surface area contributed by atoms with Crippen LogP contribution in [-0.2, 0) is 15.2 Å². The van der Waals surface area contributed by atoms with Gasteiger partial charge in [-0.1, -0.05) is 35.9 Å². The molecule has 0 bridgehead atoms. The Morgan fingerprint density at radius 3 is 2.52 bits per heavy atom. The Morgan fingerprint density at radius 1 is 1.17 bits per heavy atom. The lowest BCUT2D eigenvalue weighted by Gasteiger charge is -2.24. The van der Waals surface area contributed by atoms with Gasteiger partial charge in [-0.15, -0.1) is 0 Å². The molecule has 1 atom stereocenters. The van der Waals surface area contributed by atoms with Gasteiger partial charge in [0, 0.05) is 16.1 Å². The third-order valence-electron chi connectivity index (χ3n) is 3.78. The van der Waals surface area contributed by atoms with E-state index >= 15 is 0 Å². The van der Waals surface area contributed by atoms with Crippen LogP contribution in [0.25, 0.3) is 0 Å². The van der Waals surface area contributed by atoms with Crippen LogP contribution in [0.3, 0.4) is 0 Å². The van der Waals surface area contributed by atoms with E-state index in [1.807, 2.05) is 0 Å². The highest BCUT2D eigenvalue weighted by Crippen LogP contribution is 2.46. The molecule has 3 N–H and O–H groups in total. The fraction of sp³-hybridized carbons (Fsp3) is 0.125. The highest BCUT2D eigenvalue weighted by atomic mass is 35.5. The summed E-state index contributed by atoms with van der Waals surface area (Å²) in [6.45, 7) is -0.591. The van der Waals surface area contributed by atoms with E-state index in [1.54, 1.807) is 18.2 Å². The standard InChI is InChI=1S/C16H12ClNO5/c17-9-5-6-11(13(19)7-9)16(23)10-3-1-2-4-12(10)18(15(16)22)8-14(20)21/h1-7,19,23H,8H2,(H,20,21). The summed E-state index contributed by atoms with van der Waals surface area (Å²) < 4.78 is 0. The average Bonchev–Trinajstić information content (AvgIpc) is 2.70. The molecule has 0 saturated carbocycles. The Hall–Kier alpha value is -2.57. The Morgan fingerprint density at radius 2 is 1.87 bits per heavy atom. The Kier molecular flexibility index (Phi) is 3.50. The van der Waals surface area contributed by atoms with Gasteiger partial charge in [0.2, 0.25) is 0 Å². The molecule has 1 aliphatic heterocycles. The Labute approximate surface area is 136 Å². The van der Waals surface area contributed by atoms with Crippen LogP contribution >= 0.6 is 11.6 Å². The van der Waals surface area contributed by atoms with Crippen LogP contribution in [0.15, 0.2) is 42.5 Å². The molecule has 7 heteroatoms. The van der Waals surface area contributed by atoms with Gasteiger partial charge in [0.25, 0.3) is 5.91 Å². The topological polar surface area (TPSA) is 98.1 Å². The maximum Gasteiger partial charge on any atom is 0.323 e. The number of amides is 1. The number of aliphatic carboxylic acids is 1. The van der Waals surface area contributed by atoms with Crippen LogP contribution in [0.4, 0.5) is 5.69 Å². The lowest BCUT2D eigenvalue weighted by molar-refractivity contribution is -0.139.